The molecule has 0 bridgehead atoms. The molecule has 6 heteroatoms. The van der Waals surface area contributed by atoms with Crippen LogP contribution in [0.4, 0.5) is 0 Å². The van der Waals surface area contributed by atoms with Crippen molar-refractivity contribution in [2.24, 2.45) is 5.41 Å². The topological polar surface area (TPSA) is 59.4 Å². The molecule has 6 nitrogen and oxygen atoms in total. The molecule has 0 amide bonds. The van der Waals surface area contributed by atoms with Gasteiger partial charge in [0.15, 0.2) is 11.5 Å². The minimum Gasteiger partial charge on any atom is -0.493 e. The smallest absolute Gasteiger partial charge is 0.191 e. The molecule has 0 aromatic carbocycles. The number of nitrogens with one attached hydrogen (secondary N) is 1. The van der Waals surface area contributed by atoms with Crippen LogP contribution in [0.1, 0.15) is 30.3 Å². The van der Waals surface area contributed by atoms with Crippen LogP contribution in [0.3, 0.4) is 0 Å². The Morgan fingerprint density at radius 2 is 2.33 bits per heavy atom. The van der Waals surface area contributed by atoms with E-state index in [4.69, 9.17) is 4.74 Å². The number of hydrogen-bond donors (Lipinski definition) is 1. The second-order valence-electron chi connectivity index (χ2n) is 6.26. The lowest BCUT2D eigenvalue weighted by atomic mass is 9.77. The molecule has 1 fully saturated rings. The van der Waals surface area contributed by atoms with Crippen molar-refractivity contribution in [1.82, 2.24) is 20.0 Å². The summed E-state index contributed by atoms with van der Waals surface area (Å²) in [5.74, 6) is 0.702. The fourth-order valence-corrected chi connectivity index (χ4v) is 2.75. The number of Topliss-reactive ketones (excluding diaryl/α,β-unsaturated/α-hetero) is 1. The number of carbonyl (C=O) groups excluding carboxylic acids is 1. The zero-order valence-electron chi connectivity index (χ0n) is 13.5. The van der Waals surface area contributed by atoms with Gasteiger partial charge in [0.2, 0.25) is 0 Å². The van der Waals surface area contributed by atoms with Crippen molar-refractivity contribution in [2.45, 2.75) is 26.3 Å². The molecular formula is C15H26N4O2. The number of nitrogens with zero attached hydrogens (tertiary/aromatic N) is 3. The molecule has 21 heavy (non-hydrogen) atoms. The van der Waals surface area contributed by atoms with Gasteiger partial charge >= 0.3 is 0 Å². The summed E-state index contributed by atoms with van der Waals surface area (Å²) in [4.78, 5) is 15.1. The van der Waals surface area contributed by atoms with Gasteiger partial charge in [0, 0.05) is 18.5 Å². The monoisotopic (exact) mass is 294 g/mol. The quantitative estimate of drug-likeness (QED) is 0.794. The third-order valence-electron chi connectivity index (χ3n) is 4.15. The predicted molar refractivity (Wildman–Crippen MR) is 81.9 cm³/mol. The minimum absolute atomic E-state index is 0.128. The van der Waals surface area contributed by atoms with Crippen LogP contribution in [-0.2, 0) is 6.54 Å². The normalized spacial score (nSPS) is 22.5. The maximum Gasteiger partial charge on any atom is 0.191 e. The van der Waals surface area contributed by atoms with E-state index in [-0.39, 0.29) is 11.2 Å². The Morgan fingerprint density at radius 3 is 2.90 bits per heavy atom. The first kappa shape index (κ1) is 16.0. The summed E-state index contributed by atoms with van der Waals surface area (Å²) in [6, 6.07) is 0. The molecule has 0 radical (unpaired) electrons. The number of piperidine rings is 1. The maximum absolute atomic E-state index is 13.0. The van der Waals surface area contributed by atoms with Crippen molar-refractivity contribution in [3.8, 4) is 5.75 Å². The van der Waals surface area contributed by atoms with Gasteiger partial charge in [-0.05, 0) is 33.5 Å². The van der Waals surface area contributed by atoms with Crippen molar-refractivity contribution in [3.05, 3.63) is 11.9 Å². The molecule has 1 aliphatic rings. The van der Waals surface area contributed by atoms with Crippen LogP contribution in [0.2, 0.25) is 0 Å². The number of carbonyl (C=O) groups is 1. The summed E-state index contributed by atoms with van der Waals surface area (Å²) >= 11 is 0. The van der Waals surface area contributed by atoms with E-state index in [1.54, 1.807) is 18.0 Å². The summed E-state index contributed by atoms with van der Waals surface area (Å²) in [6.07, 6.45) is 3.57. The molecule has 118 valence electrons. The van der Waals surface area contributed by atoms with Gasteiger partial charge in [0.05, 0.1) is 19.9 Å². The summed E-state index contributed by atoms with van der Waals surface area (Å²) < 4.78 is 7.13. The molecule has 0 aliphatic carbocycles. The predicted octanol–water partition coefficient (Wildman–Crippen LogP) is 1.03. The first-order chi connectivity index (χ1) is 9.98. The number of likely N-dealkylation sites (N-methyl/N-ethyl adjacent to an activating group) is 1. The highest BCUT2D eigenvalue weighted by molar-refractivity contribution is 6.01. The number of methoxy groups -OCH3 is 1. The van der Waals surface area contributed by atoms with E-state index in [2.05, 4.69) is 15.3 Å². The van der Waals surface area contributed by atoms with Crippen molar-refractivity contribution < 1.29 is 9.53 Å². The Balaban J connectivity index is 2.27. The minimum atomic E-state index is -0.374. The molecule has 1 saturated heterocycles. The molecule has 1 aromatic heterocycles. The second kappa shape index (κ2) is 6.58. The van der Waals surface area contributed by atoms with Crippen LogP contribution in [-0.4, -0.2) is 61.3 Å². The SMILES string of the molecule is COc1cnn(CCN(C)C)c1C(=O)C1(C)CCCNC1. The number of ketones is 1. The highest BCUT2D eigenvalue weighted by Crippen LogP contribution is 2.33. The van der Waals surface area contributed by atoms with Gasteiger partial charge in [-0.2, -0.15) is 5.10 Å². The molecule has 1 unspecified atom stereocenters. The van der Waals surface area contributed by atoms with Gasteiger partial charge in [0.1, 0.15) is 5.69 Å². The van der Waals surface area contributed by atoms with Crippen LogP contribution in [0.5, 0.6) is 5.75 Å². The lowest BCUT2D eigenvalue weighted by Crippen LogP contribution is -2.44. The Hall–Kier alpha value is -1.40. The fourth-order valence-electron chi connectivity index (χ4n) is 2.75. The van der Waals surface area contributed by atoms with Crippen LogP contribution in [0.25, 0.3) is 0 Å². The first-order valence-electron chi connectivity index (χ1n) is 7.48. The average molecular weight is 294 g/mol. The molecule has 2 rings (SSSR count). The summed E-state index contributed by atoms with van der Waals surface area (Å²) in [5, 5.41) is 7.66. The van der Waals surface area contributed by atoms with Crippen LogP contribution in [0.15, 0.2) is 6.20 Å². The highest BCUT2D eigenvalue weighted by atomic mass is 16.5. The molecule has 1 N–H and O–H groups in total. The van der Waals surface area contributed by atoms with Crippen LogP contribution >= 0.6 is 0 Å². The number of ether oxygens (including phenoxy) is 1. The summed E-state index contributed by atoms with van der Waals surface area (Å²) in [7, 11) is 5.61. The van der Waals surface area contributed by atoms with Crippen molar-refractivity contribution in [2.75, 3.05) is 40.8 Å². The zero-order valence-corrected chi connectivity index (χ0v) is 13.5. The third-order valence-corrected chi connectivity index (χ3v) is 4.15. The first-order valence-corrected chi connectivity index (χ1v) is 7.48. The van der Waals surface area contributed by atoms with Gasteiger partial charge < -0.3 is 15.0 Å². The van der Waals surface area contributed by atoms with Crippen LogP contribution in [0, 0.1) is 5.41 Å². The molecule has 1 aromatic rings. The highest BCUT2D eigenvalue weighted by Gasteiger charge is 2.38. The zero-order chi connectivity index (χ0) is 15.5. The van der Waals surface area contributed by atoms with Crippen molar-refractivity contribution in [1.29, 1.82) is 0 Å². The Labute approximate surface area is 126 Å². The van der Waals surface area contributed by atoms with E-state index in [1.165, 1.54) is 0 Å². The van der Waals surface area contributed by atoms with E-state index < -0.39 is 0 Å². The summed E-state index contributed by atoms with van der Waals surface area (Å²) in [5.41, 5.74) is 0.229. The number of rotatable bonds is 6. The van der Waals surface area contributed by atoms with Crippen molar-refractivity contribution >= 4 is 5.78 Å². The third kappa shape index (κ3) is 3.44. The standard InChI is InChI=1S/C15H26N4O2/c1-15(6-5-7-16-11-15)14(20)13-12(21-4)10-17-19(13)9-8-18(2)3/h10,16H,5-9,11H2,1-4H3. The number of aromatic nitrogens is 2. The Kier molecular flexibility index (Phi) is 5.00. The second-order valence-corrected chi connectivity index (χ2v) is 6.26. The molecule has 2 heterocycles. The number of hydrogen-bond acceptors (Lipinski definition) is 5. The fraction of sp³-hybridized carbons (Fsp3) is 0.733. The lowest BCUT2D eigenvalue weighted by molar-refractivity contribution is 0.0756. The molecular weight excluding hydrogens is 268 g/mol. The van der Waals surface area contributed by atoms with Crippen molar-refractivity contribution in [3.63, 3.8) is 0 Å². The largest absolute Gasteiger partial charge is 0.493 e. The summed E-state index contributed by atoms with van der Waals surface area (Å²) in [6.45, 7) is 5.25. The van der Waals surface area contributed by atoms with Crippen LogP contribution < -0.4 is 10.1 Å². The molecule has 0 spiro atoms. The Bertz CT molecular complexity index is 490. The van der Waals surface area contributed by atoms with E-state index in [9.17, 15) is 4.79 Å². The van der Waals surface area contributed by atoms with E-state index in [0.717, 1.165) is 25.9 Å². The lowest BCUT2D eigenvalue weighted by Gasteiger charge is -2.32. The molecule has 0 saturated carbocycles. The van der Waals surface area contributed by atoms with Gasteiger partial charge in [-0.1, -0.05) is 6.92 Å². The molecule has 1 aliphatic heterocycles. The average Bonchev–Trinajstić information content (AvgIpc) is 2.87. The van der Waals surface area contributed by atoms with E-state index in [1.807, 2.05) is 21.0 Å². The van der Waals surface area contributed by atoms with E-state index in [0.29, 0.717) is 24.5 Å². The Morgan fingerprint density at radius 1 is 1.57 bits per heavy atom. The van der Waals surface area contributed by atoms with Gasteiger partial charge in [-0.15, -0.1) is 0 Å². The maximum atomic E-state index is 13.0. The van der Waals surface area contributed by atoms with Gasteiger partial charge in [0.25, 0.3) is 0 Å². The molecule has 1 atom stereocenters. The van der Waals surface area contributed by atoms with Gasteiger partial charge in [-0.25, -0.2) is 0 Å². The van der Waals surface area contributed by atoms with E-state index >= 15 is 0 Å². The van der Waals surface area contributed by atoms with Gasteiger partial charge in [-0.3, -0.25) is 9.48 Å².